The molecule has 2 aromatic carbocycles. The molecule has 0 aliphatic heterocycles. The Hall–Kier alpha value is -2.44. The van der Waals surface area contributed by atoms with E-state index < -0.39 is 0 Å². The average Bonchev–Trinajstić information content (AvgIpc) is 3.02. The largest absolute Gasteiger partial charge is 0.493 e. The quantitative estimate of drug-likeness (QED) is 0.446. The third-order valence-corrected chi connectivity index (χ3v) is 5.42. The average molecular weight is 457 g/mol. The van der Waals surface area contributed by atoms with Crippen LogP contribution in [-0.2, 0) is 4.79 Å². The number of rotatable bonds is 6. The lowest BCUT2D eigenvalue weighted by Crippen LogP contribution is -2.07. The number of hydrogen-bond acceptors (Lipinski definition) is 4. The van der Waals surface area contributed by atoms with Crippen LogP contribution < -0.4 is 10.1 Å². The van der Waals surface area contributed by atoms with Gasteiger partial charge < -0.3 is 4.74 Å². The third kappa shape index (κ3) is 5.09. The lowest BCUT2D eigenvalue weighted by molar-refractivity contribution is -0.111. The van der Waals surface area contributed by atoms with Gasteiger partial charge in [0.2, 0.25) is 5.91 Å². The maximum atomic E-state index is 12.4. The summed E-state index contributed by atoms with van der Waals surface area (Å²) in [7, 11) is 0. The van der Waals surface area contributed by atoms with Crippen LogP contribution in [0.15, 0.2) is 53.0 Å². The molecule has 1 heterocycles. The first-order chi connectivity index (χ1) is 13.5. The summed E-state index contributed by atoms with van der Waals surface area (Å²) in [5.74, 6) is 0.508. The van der Waals surface area contributed by atoms with E-state index in [2.05, 4.69) is 45.3 Å². The number of nitrogens with one attached hydrogen (secondary N) is 1. The number of aromatic nitrogens is 1. The van der Waals surface area contributed by atoms with Crippen LogP contribution in [0.4, 0.5) is 5.13 Å². The molecule has 3 rings (SSSR count). The lowest BCUT2D eigenvalue weighted by Gasteiger charge is -2.07. The highest BCUT2D eigenvalue weighted by molar-refractivity contribution is 9.10. The fourth-order valence-corrected chi connectivity index (χ4v) is 3.90. The van der Waals surface area contributed by atoms with Gasteiger partial charge in [-0.2, -0.15) is 0 Å². The summed E-state index contributed by atoms with van der Waals surface area (Å²) in [5, 5.41) is 3.43. The van der Waals surface area contributed by atoms with Gasteiger partial charge in [0.15, 0.2) is 5.13 Å². The van der Waals surface area contributed by atoms with E-state index in [4.69, 9.17) is 4.74 Å². The minimum atomic E-state index is -0.230. The molecule has 0 radical (unpaired) electrons. The molecule has 144 valence electrons. The van der Waals surface area contributed by atoms with E-state index in [1.807, 2.05) is 44.2 Å². The summed E-state index contributed by atoms with van der Waals surface area (Å²) in [6.07, 6.45) is 3.24. The van der Waals surface area contributed by atoms with Gasteiger partial charge in [0.25, 0.3) is 0 Å². The van der Waals surface area contributed by atoms with Crippen molar-refractivity contribution in [3.8, 4) is 17.0 Å². The van der Waals surface area contributed by atoms with Crippen LogP contribution in [0.3, 0.4) is 0 Å². The molecule has 0 bridgehead atoms. The van der Waals surface area contributed by atoms with E-state index in [0.717, 1.165) is 31.9 Å². The number of benzene rings is 2. The number of ether oxygens (including phenoxy) is 1. The Morgan fingerprint density at radius 2 is 1.96 bits per heavy atom. The summed E-state index contributed by atoms with van der Waals surface area (Å²) in [6.45, 7) is 6.56. The molecule has 0 aliphatic rings. The van der Waals surface area contributed by atoms with Gasteiger partial charge in [-0.3, -0.25) is 10.1 Å². The minimum absolute atomic E-state index is 0.230. The molecule has 0 atom stereocenters. The predicted octanol–water partition coefficient (Wildman–Crippen LogP) is 6.24. The molecule has 1 aromatic heterocycles. The maximum absolute atomic E-state index is 12.4. The molecule has 0 saturated heterocycles. The number of anilines is 1. The van der Waals surface area contributed by atoms with Gasteiger partial charge in [0.05, 0.1) is 12.3 Å². The molecule has 6 heteroatoms. The molecule has 1 N–H and O–H groups in total. The summed E-state index contributed by atoms with van der Waals surface area (Å²) in [4.78, 5) is 18.0. The number of carbonyl (C=O) groups is 1. The number of carbonyl (C=O) groups excluding carboxylic acids is 1. The Morgan fingerprint density at radius 3 is 2.68 bits per heavy atom. The fourth-order valence-electron chi connectivity index (χ4n) is 2.68. The Balaban J connectivity index is 1.74. The summed E-state index contributed by atoms with van der Waals surface area (Å²) < 4.78 is 6.53. The van der Waals surface area contributed by atoms with Crippen LogP contribution in [-0.4, -0.2) is 17.5 Å². The standard InChI is InChI=1S/C22H21BrN2O2S/c1-4-27-19-11-10-18(23)13-17(19)9-12-20(26)24-22-25-21(15(3)28-22)16-7-5-14(2)6-8-16/h5-13H,4H2,1-3H3,(H,24,25,26). The van der Waals surface area contributed by atoms with Gasteiger partial charge in [-0.15, -0.1) is 11.3 Å². The number of amides is 1. The molecule has 3 aromatic rings. The van der Waals surface area contributed by atoms with E-state index in [1.165, 1.54) is 23.0 Å². The first-order valence-electron chi connectivity index (χ1n) is 8.92. The molecule has 0 spiro atoms. The van der Waals surface area contributed by atoms with Crippen molar-refractivity contribution in [1.29, 1.82) is 0 Å². The molecule has 28 heavy (non-hydrogen) atoms. The molecule has 4 nitrogen and oxygen atoms in total. The highest BCUT2D eigenvalue weighted by Crippen LogP contribution is 2.30. The molecular weight excluding hydrogens is 436 g/mol. The van der Waals surface area contributed by atoms with Crippen molar-refractivity contribution in [3.63, 3.8) is 0 Å². The van der Waals surface area contributed by atoms with Crippen molar-refractivity contribution < 1.29 is 9.53 Å². The Bertz CT molecular complexity index is 1010. The zero-order chi connectivity index (χ0) is 20.1. The fraction of sp³-hybridized carbons (Fsp3) is 0.182. The van der Waals surface area contributed by atoms with E-state index in [9.17, 15) is 4.79 Å². The number of nitrogens with zero attached hydrogens (tertiary/aromatic N) is 1. The number of thiazole rings is 1. The van der Waals surface area contributed by atoms with Crippen LogP contribution in [0, 0.1) is 13.8 Å². The van der Waals surface area contributed by atoms with Gasteiger partial charge in [0, 0.05) is 26.6 Å². The summed E-state index contributed by atoms with van der Waals surface area (Å²) >= 11 is 4.92. The minimum Gasteiger partial charge on any atom is -0.493 e. The van der Waals surface area contributed by atoms with Crippen molar-refractivity contribution in [2.45, 2.75) is 20.8 Å². The molecule has 0 fully saturated rings. The van der Waals surface area contributed by atoms with Gasteiger partial charge in [-0.25, -0.2) is 4.98 Å². The van der Waals surface area contributed by atoms with Crippen molar-refractivity contribution in [2.24, 2.45) is 0 Å². The van der Waals surface area contributed by atoms with Crippen molar-refractivity contribution in [3.05, 3.63) is 69.0 Å². The van der Waals surface area contributed by atoms with E-state index in [0.29, 0.717) is 11.7 Å². The van der Waals surface area contributed by atoms with Crippen LogP contribution in [0.25, 0.3) is 17.3 Å². The molecule has 1 amide bonds. The Morgan fingerprint density at radius 1 is 1.21 bits per heavy atom. The topological polar surface area (TPSA) is 51.2 Å². The normalized spacial score (nSPS) is 11.0. The van der Waals surface area contributed by atoms with E-state index in [-0.39, 0.29) is 5.91 Å². The smallest absolute Gasteiger partial charge is 0.250 e. The van der Waals surface area contributed by atoms with Gasteiger partial charge >= 0.3 is 0 Å². The molecule has 0 unspecified atom stereocenters. The zero-order valence-electron chi connectivity index (χ0n) is 16.0. The van der Waals surface area contributed by atoms with Crippen LogP contribution in [0.5, 0.6) is 5.75 Å². The first-order valence-corrected chi connectivity index (χ1v) is 10.5. The highest BCUT2D eigenvalue weighted by atomic mass is 79.9. The lowest BCUT2D eigenvalue weighted by atomic mass is 10.1. The second kappa shape index (κ2) is 9.17. The van der Waals surface area contributed by atoms with Crippen molar-refractivity contribution in [1.82, 2.24) is 4.98 Å². The van der Waals surface area contributed by atoms with Gasteiger partial charge in [-0.1, -0.05) is 45.8 Å². The van der Waals surface area contributed by atoms with Crippen molar-refractivity contribution in [2.75, 3.05) is 11.9 Å². The van der Waals surface area contributed by atoms with Gasteiger partial charge in [0.1, 0.15) is 5.75 Å². The van der Waals surface area contributed by atoms with Gasteiger partial charge in [-0.05, 0) is 45.0 Å². The highest BCUT2D eigenvalue weighted by Gasteiger charge is 2.11. The van der Waals surface area contributed by atoms with E-state index >= 15 is 0 Å². The number of hydrogen-bond donors (Lipinski definition) is 1. The van der Waals surface area contributed by atoms with Crippen molar-refractivity contribution >= 4 is 44.4 Å². The van der Waals surface area contributed by atoms with Crippen LogP contribution >= 0.6 is 27.3 Å². The second-order valence-electron chi connectivity index (χ2n) is 6.23. The third-order valence-electron chi connectivity index (χ3n) is 4.04. The Labute approximate surface area is 177 Å². The van der Waals surface area contributed by atoms with E-state index in [1.54, 1.807) is 6.08 Å². The first kappa shape index (κ1) is 20.3. The molecule has 0 aliphatic carbocycles. The zero-order valence-corrected chi connectivity index (χ0v) is 18.4. The number of halogens is 1. The molecule has 0 saturated carbocycles. The summed E-state index contributed by atoms with van der Waals surface area (Å²) in [5.41, 5.74) is 3.98. The predicted molar refractivity (Wildman–Crippen MR) is 120 cm³/mol. The maximum Gasteiger partial charge on any atom is 0.250 e. The molecular formula is C22H21BrN2O2S. The number of aryl methyl sites for hydroxylation is 2. The monoisotopic (exact) mass is 456 g/mol. The Kier molecular flexibility index (Phi) is 6.65. The SMILES string of the molecule is CCOc1ccc(Br)cc1C=CC(=O)Nc1nc(-c2ccc(C)cc2)c(C)s1. The second-order valence-corrected chi connectivity index (χ2v) is 8.35. The summed E-state index contributed by atoms with van der Waals surface area (Å²) in [6, 6.07) is 13.9. The van der Waals surface area contributed by atoms with Crippen LogP contribution in [0.1, 0.15) is 22.9 Å². The van der Waals surface area contributed by atoms with Crippen LogP contribution in [0.2, 0.25) is 0 Å².